The molecule has 43 valence electrons. The summed E-state index contributed by atoms with van der Waals surface area (Å²) in [7, 11) is 0. The Bertz CT molecular complexity index is 50.2. The molecule has 0 aromatic carbocycles. The van der Waals surface area contributed by atoms with Crippen LogP contribution >= 0.6 is 0 Å². The topological polar surface area (TPSA) is 72.5 Å². The molecule has 7 heavy (non-hydrogen) atoms. The van der Waals surface area contributed by atoms with Gasteiger partial charge < -0.3 is 9.94 Å². The molecule has 0 aliphatic heterocycles. The molecule has 3 N–H and O–H groups in total. The van der Waals surface area contributed by atoms with Crippen molar-refractivity contribution in [1.29, 1.82) is 0 Å². The van der Waals surface area contributed by atoms with E-state index in [4.69, 9.17) is 9.90 Å². The molecular weight excluding hydrogens is 161 g/mol. The summed E-state index contributed by atoms with van der Waals surface area (Å²) in [5.41, 5.74) is 0. The van der Waals surface area contributed by atoms with Crippen LogP contribution in [0.4, 0.5) is 4.79 Å². The van der Waals surface area contributed by atoms with Crippen LogP contribution in [0.2, 0.25) is 0 Å². The molecule has 0 heterocycles. The zero-order chi connectivity index (χ0) is 4.28. The molecular formula is CH4CuNNaO3. The van der Waals surface area contributed by atoms with E-state index in [1.54, 1.807) is 0 Å². The number of hydrogen-bond acceptors (Lipinski definition) is 3. The molecule has 0 bridgehead atoms. The van der Waals surface area contributed by atoms with Crippen LogP contribution in [-0.2, 0) is 21.9 Å². The Morgan fingerprint density at radius 3 is 1.86 bits per heavy atom. The minimum atomic E-state index is -1.47. The summed E-state index contributed by atoms with van der Waals surface area (Å²) in [5, 5.41) is 7.38. The Kier molecular flexibility index (Phi) is 22.1. The summed E-state index contributed by atoms with van der Waals surface area (Å²) in [6, 6.07) is 0. The zero-order valence-electron chi connectivity index (χ0n) is 2.64. The molecule has 6 heteroatoms. The number of nitrogens with two attached hydrogens (primary N) is 1. The van der Waals surface area contributed by atoms with Crippen molar-refractivity contribution in [2.24, 2.45) is 5.90 Å². The third-order valence-corrected chi connectivity index (χ3v) is 0.101. The fraction of sp³-hybridized carbons (Fsp3) is 0. The quantitative estimate of drug-likeness (QED) is 0.352. The first-order chi connectivity index (χ1) is 2.27. The molecule has 0 aromatic heterocycles. The van der Waals surface area contributed by atoms with E-state index in [0.717, 1.165) is 0 Å². The predicted molar refractivity (Wildman–Crippen MR) is 20.4 cm³/mol. The average molecular weight is 165 g/mol. The van der Waals surface area contributed by atoms with Crippen molar-refractivity contribution in [3.05, 3.63) is 0 Å². The van der Waals surface area contributed by atoms with Gasteiger partial charge in [0.2, 0.25) is 0 Å². The Balaban J connectivity index is -0.0000000800. The minimum absolute atomic E-state index is 0. The number of hydrogen-bond donors (Lipinski definition) is 2. The number of carbonyl (C=O) groups is 1. The van der Waals surface area contributed by atoms with E-state index in [9.17, 15) is 0 Å². The summed E-state index contributed by atoms with van der Waals surface area (Å²) in [4.78, 5) is 12.2. The summed E-state index contributed by atoms with van der Waals surface area (Å²) >= 11 is 0. The summed E-state index contributed by atoms with van der Waals surface area (Å²) in [6.07, 6.45) is -1.47. The molecule has 0 aliphatic rings. The molecule has 0 saturated carbocycles. The molecule has 0 amide bonds. The molecule has 0 aliphatic carbocycles. The van der Waals surface area contributed by atoms with E-state index in [0.29, 0.717) is 0 Å². The van der Waals surface area contributed by atoms with Crippen molar-refractivity contribution >= 4 is 35.7 Å². The van der Waals surface area contributed by atoms with Crippen LogP contribution in [0.5, 0.6) is 0 Å². The fourth-order valence-corrected chi connectivity index (χ4v) is 0. The first-order valence-electron chi connectivity index (χ1n) is 0.868. The van der Waals surface area contributed by atoms with Gasteiger partial charge in [0.1, 0.15) is 0 Å². The van der Waals surface area contributed by atoms with Gasteiger partial charge in [-0.2, -0.15) is 5.90 Å². The van der Waals surface area contributed by atoms with Crippen LogP contribution in [0, 0.1) is 0 Å². The maximum absolute atomic E-state index is 9.02. The van der Waals surface area contributed by atoms with Crippen LogP contribution in [0.3, 0.4) is 0 Å². The van der Waals surface area contributed by atoms with Gasteiger partial charge >= 0.3 is 35.7 Å². The monoisotopic (exact) mass is 164 g/mol. The van der Waals surface area contributed by atoms with Crippen molar-refractivity contribution < 1.29 is 31.8 Å². The summed E-state index contributed by atoms with van der Waals surface area (Å²) in [5.74, 6) is 4.07. The molecule has 0 atom stereocenters. The van der Waals surface area contributed by atoms with Crippen molar-refractivity contribution in [3.63, 3.8) is 0 Å². The average Bonchev–Trinajstić information content (AvgIpc) is 1.38. The third-order valence-electron chi connectivity index (χ3n) is 0.101. The first-order valence-corrected chi connectivity index (χ1v) is 0.868. The van der Waals surface area contributed by atoms with Gasteiger partial charge in [0.25, 0.3) is 0 Å². The molecule has 0 spiro atoms. The molecule has 0 unspecified atom stereocenters. The van der Waals surface area contributed by atoms with Crippen LogP contribution in [0.1, 0.15) is 0 Å². The normalized spacial score (nSPS) is 4.71. The van der Waals surface area contributed by atoms with Crippen LogP contribution in [0.15, 0.2) is 0 Å². The van der Waals surface area contributed by atoms with Gasteiger partial charge in [0.05, 0.1) is 0 Å². The Morgan fingerprint density at radius 2 is 1.86 bits per heavy atom. The SMILES string of the molecule is NOC(=O)O.[Cu].[NaH]. The van der Waals surface area contributed by atoms with Crippen LogP contribution in [0.25, 0.3) is 0 Å². The van der Waals surface area contributed by atoms with Gasteiger partial charge in [-0.1, -0.05) is 0 Å². The fourth-order valence-electron chi connectivity index (χ4n) is 0. The maximum atomic E-state index is 9.02. The second-order valence-corrected chi connectivity index (χ2v) is 0.384. The predicted octanol–water partition coefficient (Wildman–Crippen LogP) is -1.10. The van der Waals surface area contributed by atoms with E-state index in [1.165, 1.54) is 0 Å². The van der Waals surface area contributed by atoms with E-state index in [1.807, 2.05) is 0 Å². The van der Waals surface area contributed by atoms with E-state index < -0.39 is 6.16 Å². The zero-order valence-corrected chi connectivity index (χ0v) is 3.58. The molecule has 0 saturated heterocycles. The van der Waals surface area contributed by atoms with Gasteiger partial charge in [-0.05, 0) is 0 Å². The van der Waals surface area contributed by atoms with Gasteiger partial charge in [-0.15, -0.1) is 0 Å². The molecule has 0 fully saturated rings. The standard InChI is InChI=1S/CH3NO3.Cu.Na.H/c2-5-1(3)4;;;/h2H2,(H,3,4);;;. The van der Waals surface area contributed by atoms with Crippen molar-refractivity contribution in [3.8, 4) is 0 Å². The molecule has 0 rings (SSSR count). The van der Waals surface area contributed by atoms with Crippen LogP contribution in [-0.4, -0.2) is 40.8 Å². The van der Waals surface area contributed by atoms with Crippen LogP contribution < -0.4 is 5.90 Å². The second-order valence-electron chi connectivity index (χ2n) is 0.384. The number of carboxylic acid groups (broad SMARTS) is 1. The van der Waals surface area contributed by atoms with Crippen molar-refractivity contribution in [2.75, 3.05) is 0 Å². The third kappa shape index (κ3) is 20.1. The molecule has 4 nitrogen and oxygen atoms in total. The first kappa shape index (κ1) is 15.7. The van der Waals surface area contributed by atoms with Crippen molar-refractivity contribution in [2.45, 2.75) is 0 Å². The molecule has 1 radical (unpaired) electrons. The second kappa shape index (κ2) is 9.89. The van der Waals surface area contributed by atoms with Crippen molar-refractivity contribution in [1.82, 2.24) is 0 Å². The Hall–Kier alpha value is 0.749. The Labute approximate surface area is 73.1 Å². The number of rotatable bonds is 0. The molecule has 0 aromatic rings. The van der Waals surface area contributed by atoms with E-state index >= 15 is 0 Å². The Morgan fingerprint density at radius 1 is 1.71 bits per heavy atom. The van der Waals surface area contributed by atoms with Gasteiger partial charge in [0.15, 0.2) is 0 Å². The van der Waals surface area contributed by atoms with E-state index in [-0.39, 0.29) is 46.6 Å². The van der Waals surface area contributed by atoms with Gasteiger partial charge in [0, 0.05) is 17.1 Å². The summed E-state index contributed by atoms with van der Waals surface area (Å²) in [6.45, 7) is 0. The van der Waals surface area contributed by atoms with Gasteiger partial charge in [-0.3, -0.25) is 0 Å². The van der Waals surface area contributed by atoms with Gasteiger partial charge in [-0.25, -0.2) is 4.79 Å². The summed E-state index contributed by atoms with van der Waals surface area (Å²) < 4.78 is 0. The van der Waals surface area contributed by atoms with E-state index in [2.05, 4.69) is 10.7 Å².